The fourth-order valence-corrected chi connectivity index (χ4v) is 1.96. The quantitative estimate of drug-likeness (QED) is 0.657. The third-order valence-corrected chi connectivity index (χ3v) is 2.72. The van der Waals surface area contributed by atoms with Crippen molar-refractivity contribution < 1.29 is 4.79 Å². The van der Waals surface area contributed by atoms with Crippen LogP contribution in [0.25, 0.3) is 0 Å². The van der Waals surface area contributed by atoms with Crippen molar-refractivity contribution in [3.8, 4) is 0 Å². The molecule has 0 aliphatic carbocycles. The van der Waals surface area contributed by atoms with Crippen molar-refractivity contribution in [3.05, 3.63) is 0 Å². The van der Waals surface area contributed by atoms with E-state index in [0.29, 0.717) is 18.4 Å². The molecule has 14 heavy (non-hydrogen) atoms. The Balaban J connectivity index is 4.13. The summed E-state index contributed by atoms with van der Waals surface area (Å²) < 4.78 is 0. The van der Waals surface area contributed by atoms with E-state index in [4.69, 9.17) is 7.98 Å². The summed E-state index contributed by atoms with van der Waals surface area (Å²) in [6.07, 6.45) is 1.66. The Morgan fingerprint density at radius 3 is 2.29 bits per heavy atom. The summed E-state index contributed by atoms with van der Waals surface area (Å²) in [7, 11) is 5.38. The summed E-state index contributed by atoms with van der Waals surface area (Å²) in [4.78, 5) is 11.0. The molecule has 0 saturated heterocycles. The van der Waals surface area contributed by atoms with Gasteiger partial charge in [0.25, 0.3) is 0 Å². The highest BCUT2D eigenvalue weighted by Gasteiger charge is 2.24. The fourth-order valence-electron chi connectivity index (χ4n) is 1.96. The van der Waals surface area contributed by atoms with Crippen LogP contribution >= 0.6 is 0 Å². The molecule has 0 aromatic heterocycles. The van der Waals surface area contributed by atoms with E-state index in [1.807, 2.05) is 0 Å². The topological polar surface area (TPSA) is 29.1 Å². The smallest absolute Gasteiger partial charge is 0.178 e. The van der Waals surface area contributed by atoms with Crippen LogP contribution in [0.5, 0.6) is 0 Å². The first-order valence-corrected chi connectivity index (χ1v) is 5.24. The SMILES string of the molecule is [B]NC(C)C(C)CC(C)(C)CC(C)=O. The molecule has 0 amide bonds. The largest absolute Gasteiger partial charge is 0.364 e. The van der Waals surface area contributed by atoms with Crippen molar-refractivity contribution >= 4 is 13.8 Å². The summed E-state index contributed by atoms with van der Waals surface area (Å²) in [5.41, 5.74) is 0.0797. The molecule has 0 saturated carbocycles. The lowest BCUT2D eigenvalue weighted by atomic mass is 9.77. The Hall–Kier alpha value is -0.305. The van der Waals surface area contributed by atoms with Gasteiger partial charge in [-0.2, -0.15) is 0 Å². The predicted molar refractivity (Wildman–Crippen MR) is 61.2 cm³/mol. The molecule has 3 heteroatoms. The average Bonchev–Trinajstić information content (AvgIpc) is 1.99. The molecule has 2 atom stereocenters. The molecule has 0 heterocycles. The highest BCUT2D eigenvalue weighted by molar-refractivity contribution is 6.04. The lowest BCUT2D eigenvalue weighted by Gasteiger charge is -2.30. The molecule has 0 aliphatic heterocycles. The van der Waals surface area contributed by atoms with E-state index in [-0.39, 0.29) is 11.2 Å². The van der Waals surface area contributed by atoms with Crippen molar-refractivity contribution in [2.24, 2.45) is 11.3 Å². The first kappa shape index (κ1) is 13.7. The Kier molecular flexibility index (Phi) is 5.42. The van der Waals surface area contributed by atoms with Crippen LogP contribution < -0.4 is 5.23 Å². The van der Waals surface area contributed by atoms with Gasteiger partial charge in [-0.05, 0) is 30.7 Å². The number of carbonyl (C=O) groups is 1. The van der Waals surface area contributed by atoms with Gasteiger partial charge >= 0.3 is 0 Å². The second kappa shape index (κ2) is 5.55. The average molecular weight is 195 g/mol. The van der Waals surface area contributed by atoms with Gasteiger partial charge < -0.3 is 10.0 Å². The number of Topliss-reactive ketones (excluding diaryl/α,β-unsaturated/α-hetero) is 1. The van der Waals surface area contributed by atoms with Gasteiger partial charge in [0, 0.05) is 6.42 Å². The minimum Gasteiger partial charge on any atom is -0.364 e. The maximum atomic E-state index is 11.0. The third kappa shape index (κ3) is 5.43. The van der Waals surface area contributed by atoms with Gasteiger partial charge in [-0.3, -0.25) is 0 Å². The van der Waals surface area contributed by atoms with Crippen molar-refractivity contribution in [2.75, 3.05) is 0 Å². The van der Waals surface area contributed by atoms with E-state index in [1.54, 1.807) is 6.92 Å². The zero-order chi connectivity index (χ0) is 11.4. The van der Waals surface area contributed by atoms with Gasteiger partial charge in [0.05, 0.1) is 0 Å². The minimum atomic E-state index is 0.0797. The van der Waals surface area contributed by atoms with Gasteiger partial charge in [0.1, 0.15) is 5.78 Å². The normalized spacial score (nSPS) is 16.4. The number of rotatable bonds is 6. The van der Waals surface area contributed by atoms with Crippen LogP contribution in [-0.2, 0) is 4.79 Å². The van der Waals surface area contributed by atoms with Crippen molar-refractivity contribution in [1.29, 1.82) is 0 Å². The summed E-state index contributed by atoms with van der Waals surface area (Å²) in [5.74, 6) is 0.741. The Labute approximate surface area is 89.3 Å². The summed E-state index contributed by atoms with van der Waals surface area (Å²) >= 11 is 0. The number of carbonyl (C=O) groups excluding carboxylic acids is 1. The standard InChI is InChI=1S/C11H22BNO/c1-8(10(3)13-12)6-11(4,5)7-9(2)14/h8,10,13H,6-7H2,1-5H3. The summed E-state index contributed by atoms with van der Waals surface area (Å²) in [5, 5.41) is 2.76. The number of hydrogen-bond donors (Lipinski definition) is 1. The number of nitrogens with one attached hydrogen (secondary N) is 1. The highest BCUT2D eigenvalue weighted by atomic mass is 16.1. The van der Waals surface area contributed by atoms with Crippen molar-refractivity contribution in [1.82, 2.24) is 5.23 Å². The Morgan fingerprint density at radius 2 is 1.93 bits per heavy atom. The molecule has 0 aromatic carbocycles. The van der Waals surface area contributed by atoms with Crippen LogP contribution in [0.2, 0.25) is 0 Å². The zero-order valence-electron chi connectivity index (χ0n) is 10.1. The van der Waals surface area contributed by atoms with Crippen molar-refractivity contribution in [3.63, 3.8) is 0 Å². The van der Waals surface area contributed by atoms with Gasteiger partial charge in [0.2, 0.25) is 0 Å². The first-order valence-electron chi connectivity index (χ1n) is 5.24. The monoisotopic (exact) mass is 195 g/mol. The molecule has 0 fully saturated rings. The Morgan fingerprint density at radius 1 is 1.43 bits per heavy atom. The van der Waals surface area contributed by atoms with Crippen LogP contribution in [0.4, 0.5) is 0 Å². The number of hydrogen-bond acceptors (Lipinski definition) is 2. The van der Waals surface area contributed by atoms with Gasteiger partial charge in [-0.1, -0.05) is 27.7 Å². The molecule has 2 nitrogen and oxygen atoms in total. The maximum absolute atomic E-state index is 11.0. The fraction of sp³-hybridized carbons (Fsp3) is 0.909. The molecule has 80 valence electrons. The lowest BCUT2D eigenvalue weighted by molar-refractivity contribution is -0.119. The number of ketones is 1. The van der Waals surface area contributed by atoms with Crippen LogP contribution in [0, 0.1) is 11.3 Å². The molecule has 0 aliphatic rings. The lowest BCUT2D eigenvalue weighted by Crippen LogP contribution is -2.33. The van der Waals surface area contributed by atoms with Crippen molar-refractivity contribution in [2.45, 2.75) is 53.5 Å². The zero-order valence-corrected chi connectivity index (χ0v) is 10.1. The molecule has 0 spiro atoms. The molecule has 0 aromatic rings. The molecule has 0 bridgehead atoms. The third-order valence-electron chi connectivity index (χ3n) is 2.72. The van der Waals surface area contributed by atoms with Crippen LogP contribution in [-0.4, -0.2) is 19.8 Å². The predicted octanol–water partition coefficient (Wildman–Crippen LogP) is 2.08. The van der Waals surface area contributed by atoms with Gasteiger partial charge in [0.15, 0.2) is 7.98 Å². The first-order chi connectivity index (χ1) is 6.28. The van der Waals surface area contributed by atoms with Crippen LogP contribution in [0.1, 0.15) is 47.5 Å². The van der Waals surface area contributed by atoms with Crippen LogP contribution in [0.3, 0.4) is 0 Å². The van der Waals surface area contributed by atoms with E-state index in [2.05, 4.69) is 32.9 Å². The van der Waals surface area contributed by atoms with Gasteiger partial charge in [-0.15, -0.1) is 0 Å². The summed E-state index contributed by atoms with van der Waals surface area (Å²) in [6, 6.07) is 0.293. The summed E-state index contributed by atoms with van der Waals surface area (Å²) in [6.45, 7) is 10.1. The minimum absolute atomic E-state index is 0.0797. The second-order valence-corrected chi connectivity index (χ2v) is 5.18. The van der Waals surface area contributed by atoms with E-state index in [9.17, 15) is 4.79 Å². The molecule has 2 radical (unpaired) electrons. The van der Waals surface area contributed by atoms with Crippen LogP contribution in [0.15, 0.2) is 0 Å². The Bertz CT molecular complexity index is 192. The molecule has 0 rings (SSSR count). The van der Waals surface area contributed by atoms with E-state index in [1.165, 1.54) is 0 Å². The second-order valence-electron chi connectivity index (χ2n) is 5.18. The molecule has 2 unspecified atom stereocenters. The van der Waals surface area contributed by atoms with E-state index < -0.39 is 0 Å². The maximum Gasteiger partial charge on any atom is 0.178 e. The highest BCUT2D eigenvalue weighted by Crippen LogP contribution is 2.30. The van der Waals surface area contributed by atoms with E-state index >= 15 is 0 Å². The molecular formula is C11H22BNO. The molecule has 1 N–H and O–H groups in total. The molecular weight excluding hydrogens is 173 g/mol. The van der Waals surface area contributed by atoms with Gasteiger partial charge in [-0.25, -0.2) is 0 Å². The van der Waals surface area contributed by atoms with E-state index in [0.717, 1.165) is 6.42 Å².